The molecule has 2 aliphatic rings. The van der Waals surface area contributed by atoms with Gasteiger partial charge in [-0.2, -0.15) is 6.57 Å². The third kappa shape index (κ3) is 2.84. The average Bonchev–Trinajstić information content (AvgIpc) is 3.06. The summed E-state index contributed by atoms with van der Waals surface area (Å²) >= 11 is 0. The molecule has 3 heteroatoms. The molecule has 0 radical (unpaired) electrons. The van der Waals surface area contributed by atoms with Crippen LogP contribution in [0.25, 0.3) is 20.9 Å². The fourth-order valence-corrected chi connectivity index (χ4v) is 4.98. The van der Waals surface area contributed by atoms with Gasteiger partial charge in [-0.1, -0.05) is 54.6 Å². The van der Waals surface area contributed by atoms with Crippen molar-refractivity contribution in [1.29, 1.82) is 0 Å². The average molecular weight is 373 g/mol. The first-order chi connectivity index (χ1) is 14.2. The lowest BCUT2D eigenvalue weighted by Gasteiger charge is -2.34. The molecule has 0 aliphatic heterocycles. The predicted octanol–water partition coefficient (Wildman–Crippen LogP) is 6.26. The van der Waals surface area contributed by atoms with E-state index in [0.717, 1.165) is 48.1 Å². The van der Waals surface area contributed by atoms with Gasteiger partial charge in [0.15, 0.2) is 5.69 Å². The van der Waals surface area contributed by atoms with Crippen molar-refractivity contribution >= 4 is 11.4 Å². The van der Waals surface area contributed by atoms with E-state index < -0.39 is 0 Å². The third-order valence-electron chi connectivity index (χ3n) is 6.37. The minimum atomic E-state index is -0.0851. The third-order valence-corrected chi connectivity index (χ3v) is 6.37. The molecule has 0 bridgehead atoms. The van der Waals surface area contributed by atoms with E-state index in [-0.39, 0.29) is 5.41 Å². The Bertz CT molecular complexity index is 1240. The Morgan fingerprint density at radius 3 is 2.41 bits per heavy atom. The molecule has 1 spiro atoms. The van der Waals surface area contributed by atoms with Crippen molar-refractivity contribution in [2.24, 2.45) is 10.5 Å². The summed E-state index contributed by atoms with van der Waals surface area (Å²) in [6.07, 6.45) is 3.93. The summed E-state index contributed by atoms with van der Waals surface area (Å²) in [4.78, 5) is 7.00. The van der Waals surface area contributed by atoms with Crippen LogP contribution in [0.2, 0.25) is 0 Å². The minimum Gasteiger partial charge on any atom is -0.238 e. The van der Waals surface area contributed by atoms with Crippen LogP contribution in [-0.2, 0) is 19.3 Å². The topological polar surface area (TPSA) is 21.1 Å². The summed E-state index contributed by atoms with van der Waals surface area (Å²) in [6, 6.07) is 22.8. The van der Waals surface area contributed by atoms with Gasteiger partial charge in [-0.05, 0) is 65.6 Å². The molecular formula is C26H19N3. The van der Waals surface area contributed by atoms with Crippen molar-refractivity contribution in [1.82, 2.24) is 0 Å². The SMILES string of the molecule is [C-]#[N+]/N=C1/c2cc(-c3cccc([N+]#[C-])c3)ccc2CC12CCc1ccccc1C2. The molecule has 3 aromatic carbocycles. The van der Waals surface area contributed by atoms with E-state index in [9.17, 15) is 0 Å². The number of nitrogens with zero attached hydrogens (tertiary/aromatic N) is 3. The van der Waals surface area contributed by atoms with E-state index in [1.807, 2.05) is 24.3 Å². The molecular weight excluding hydrogens is 354 g/mol. The van der Waals surface area contributed by atoms with Gasteiger partial charge in [0.25, 0.3) is 0 Å². The highest BCUT2D eigenvalue weighted by Crippen LogP contribution is 2.47. The molecule has 5 rings (SSSR count). The normalized spacial score (nSPS) is 20.7. The summed E-state index contributed by atoms with van der Waals surface area (Å²) in [5.41, 5.74) is 8.78. The second-order valence-corrected chi connectivity index (χ2v) is 7.99. The Balaban J connectivity index is 1.60. The minimum absolute atomic E-state index is 0.0851. The van der Waals surface area contributed by atoms with E-state index in [0.29, 0.717) is 5.69 Å². The first-order valence-corrected chi connectivity index (χ1v) is 9.85. The van der Waals surface area contributed by atoms with Crippen LogP contribution in [0.5, 0.6) is 0 Å². The fraction of sp³-hybridized carbons (Fsp3) is 0.192. The molecule has 3 aromatic rings. The monoisotopic (exact) mass is 373 g/mol. The second-order valence-electron chi connectivity index (χ2n) is 7.99. The first-order valence-electron chi connectivity index (χ1n) is 9.85. The van der Waals surface area contributed by atoms with Crippen LogP contribution in [0.3, 0.4) is 0 Å². The molecule has 0 N–H and O–H groups in total. The maximum atomic E-state index is 7.43. The van der Waals surface area contributed by atoms with Crippen molar-refractivity contribution in [3.05, 3.63) is 112 Å². The largest absolute Gasteiger partial charge is 0.238 e. The summed E-state index contributed by atoms with van der Waals surface area (Å²) < 4.78 is 0. The standard InChI is InChI=1S/C26H19N3/c1-27-23-9-5-8-19(14-23)20-10-11-22-17-26(25(29-28-2)24(22)15-20)13-12-18-6-3-4-7-21(18)16-26/h3-11,14-15H,12-13,16-17H2/b29-25-. The number of aryl methyl sites for hydroxylation is 1. The fourth-order valence-electron chi connectivity index (χ4n) is 4.98. The summed E-state index contributed by atoms with van der Waals surface area (Å²) in [5, 5.41) is 4.34. The van der Waals surface area contributed by atoms with E-state index >= 15 is 0 Å². The predicted molar refractivity (Wildman–Crippen MR) is 116 cm³/mol. The van der Waals surface area contributed by atoms with Crippen LogP contribution >= 0.6 is 0 Å². The van der Waals surface area contributed by atoms with E-state index in [4.69, 9.17) is 13.1 Å². The van der Waals surface area contributed by atoms with E-state index in [2.05, 4.69) is 57.4 Å². The first kappa shape index (κ1) is 17.4. The zero-order chi connectivity index (χ0) is 19.8. The molecule has 3 nitrogen and oxygen atoms in total. The van der Waals surface area contributed by atoms with Crippen molar-refractivity contribution in [3.63, 3.8) is 0 Å². The number of hydrogen-bond acceptors (Lipinski definition) is 1. The van der Waals surface area contributed by atoms with Crippen molar-refractivity contribution < 1.29 is 0 Å². The number of fused-ring (bicyclic) bond motifs is 2. The van der Waals surface area contributed by atoms with Gasteiger partial charge in [-0.15, -0.1) is 4.95 Å². The Kier molecular flexibility index (Phi) is 4.04. The zero-order valence-corrected chi connectivity index (χ0v) is 16.0. The molecule has 29 heavy (non-hydrogen) atoms. The summed E-state index contributed by atoms with van der Waals surface area (Å²) in [6.45, 7) is 14.7. The second kappa shape index (κ2) is 6.73. The highest BCUT2D eigenvalue weighted by Gasteiger charge is 2.47. The van der Waals surface area contributed by atoms with Crippen LogP contribution in [0, 0.1) is 18.6 Å². The smallest absolute Gasteiger partial charge is 0.187 e. The molecule has 138 valence electrons. The lowest BCUT2D eigenvalue weighted by atomic mass is 9.69. The Morgan fingerprint density at radius 2 is 1.59 bits per heavy atom. The molecule has 0 fully saturated rings. The molecule has 0 amide bonds. The maximum Gasteiger partial charge on any atom is 0.187 e. The zero-order valence-electron chi connectivity index (χ0n) is 16.0. The van der Waals surface area contributed by atoms with Gasteiger partial charge in [-0.25, -0.2) is 4.85 Å². The summed E-state index contributed by atoms with van der Waals surface area (Å²) in [7, 11) is 0. The quantitative estimate of drug-likeness (QED) is 0.355. The lowest BCUT2D eigenvalue weighted by Crippen LogP contribution is -2.35. The van der Waals surface area contributed by atoms with Gasteiger partial charge >= 0.3 is 0 Å². The van der Waals surface area contributed by atoms with Crippen LogP contribution in [-0.4, -0.2) is 5.71 Å². The Hall–Kier alpha value is -3.69. The van der Waals surface area contributed by atoms with Crippen molar-refractivity contribution in [2.75, 3.05) is 0 Å². The van der Waals surface area contributed by atoms with Crippen LogP contribution < -0.4 is 0 Å². The van der Waals surface area contributed by atoms with Crippen molar-refractivity contribution in [3.8, 4) is 11.1 Å². The molecule has 2 aliphatic carbocycles. The maximum absolute atomic E-state index is 7.43. The number of rotatable bonds is 1. The van der Waals surface area contributed by atoms with Gasteiger partial charge in [0.2, 0.25) is 0 Å². The van der Waals surface area contributed by atoms with Crippen LogP contribution in [0.1, 0.15) is 28.7 Å². The highest BCUT2D eigenvalue weighted by molar-refractivity contribution is 6.10. The Morgan fingerprint density at radius 1 is 0.793 bits per heavy atom. The Labute approximate surface area is 171 Å². The summed E-state index contributed by atoms with van der Waals surface area (Å²) in [5.74, 6) is 0. The molecule has 0 saturated heterocycles. The van der Waals surface area contributed by atoms with E-state index in [1.165, 1.54) is 16.7 Å². The van der Waals surface area contributed by atoms with Crippen LogP contribution in [0.4, 0.5) is 5.69 Å². The van der Waals surface area contributed by atoms with Crippen molar-refractivity contribution in [2.45, 2.75) is 25.7 Å². The van der Waals surface area contributed by atoms with Gasteiger partial charge < -0.3 is 0 Å². The van der Waals surface area contributed by atoms with Crippen LogP contribution in [0.15, 0.2) is 71.8 Å². The van der Waals surface area contributed by atoms with Gasteiger partial charge in [0, 0.05) is 11.0 Å². The molecule has 1 unspecified atom stereocenters. The number of benzene rings is 3. The molecule has 0 aromatic heterocycles. The number of hydrogen-bond donors (Lipinski definition) is 0. The molecule has 1 atom stereocenters. The molecule has 0 heterocycles. The molecule has 0 saturated carbocycles. The lowest BCUT2D eigenvalue weighted by molar-refractivity contribution is 0.372. The van der Waals surface area contributed by atoms with Gasteiger partial charge in [0.1, 0.15) is 5.71 Å². The highest BCUT2D eigenvalue weighted by atomic mass is 15.2. The van der Waals surface area contributed by atoms with E-state index in [1.54, 1.807) is 0 Å². The van der Waals surface area contributed by atoms with Gasteiger partial charge in [-0.3, -0.25) is 0 Å². The van der Waals surface area contributed by atoms with Gasteiger partial charge in [0.05, 0.1) is 11.7 Å².